The van der Waals surface area contributed by atoms with E-state index in [1.807, 2.05) is 24.3 Å². The van der Waals surface area contributed by atoms with E-state index in [-0.39, 0.29) is 6.42 Å². The quantitative estimate of drug-likeness (QED) is 0.512. The van der Waals surface area contributed by atoms with Crippen molar-refractivity contribution in [2.24, 2.45) is 0 Å². The molecule has 0 aliphatic carbocycles. The Morgan fingerprint density at radius 2 is 1.96 bits per heavy atom. The normalized spacial score (nSPS) is 10.9. The van der Waals surface area contributed by atoms with Crippen molar-refractivity contribution in [1.82, 2.24) is 9.97 Å². The van der Waals surface area contributed by atoms with E-state index < -0.39 is 11.9 Å². The van der Waals surface area contributed by atoms with E-state index in [4.69, 9.17) is 5.11 Å². The van der Waals surface area contributed by atoms with Crippen molar-refractivity contribution in [2.75, 3.05) is 10.6 Å². The molecule has 27 heavy (non-hydrogen) atoms. The second-order valence-electron chi connectivity index (χ2n) is 5.58. The number of nitrogens with one attached hydrogen (secondary N) is 2. The number of anilines is 3. The summed E-state index contributed by atoms with van der Waals surface area (Å²) < 4.78 is 0.937. The van der Waals surface area contributed by atoms with Crippen LogP contribution in [0.25, 0.3) is 10.9 Å². The van der Waals surface area contributed by atoms with Crippen molar-refractivity contribution in [3.63, 3.8) is 0 Å². The van der Waals surface area contributed by atoms with E-state index in [2.05, 4.69) is 36.5 Å². The van der Waals surface area contributed by atoms with Crippen LogP contribution in [-0.4, -0.2) is 27.0 Å². The Kier molecular flexibility index (Phi) is 5.77. The smallest absolute Gasteiger partial charge is 0.307 e. The maximum Gasteiger partial charge on any atom is 0.307 e. The highest BCUT2D eigenvalue weighted by Crippen LogP contribution is 2.26. The van der Waals surface area contributed by atoms with Crippen molar-refractivity contribution in [3.8, 4) is 0 Å². The summed E-state index contributed by atoms with van der Waals surface area (Å²) >= 11 is 3.43. The molecule has 2 aromatic carbocycles. The van der Waals surface area contributed by atoms with Gasteiger partial charge in [-0.1, -0.05) is 28.1 Å². The molecule has 136 valence electrons. The van der Waals surface area contributed by atoms with Crippen LogP contribution in [0.1, 0.15) is 6.42 Å². The number of aromatic nitrogens is 2. The predicted octanol–water partition coefficient (Wildman–Crippen LogP) is 4.11. The second-order valence-corrected chi connectivity index (χ2v) is 6.49. The van der Waals surface area contributed by atoms with Crippen LogP contribution in [0.4, 0.5) is 17.2 Å². The molecule has 8 heteroatoms. The Hall–Kier alpha value is -3.26. The van der Waals surface area contributed by atoms with Crippen LogP contribution in [-0.2, 0) is 9.59 Å². The minimum atomic E-state index is -0.995. The molecule has 0 unspecified atom stereocenters. The van der Waals surface area contributed by atoms with E-state index in [1.165, 1.54) is 18.5 Å². The Labute approximate surface area is 163 Å². The van der Waals surface area contributed by atoms with Gasteiger partial charge < -0.3 is 15.7 Å². The first-order chi connectivity index (χ1) is 13.0. The Morgan fingerprint density at radius 3 is 2.74 bits per heavy atom. The standard InChI is InChI=1S/C19H15BrN4O3/c20-12-3-1-4-13(9-12)24-19-15-10-14(7-8-16(15)21-11-22-19)23-17(25)5-2-6-18(26)27/h1-5,7-11H,6H2,(H,23,25)(H,26,27)(H,21,22,24)/b5-2+. The van der Waals surface area contributed by atoms with Gasteiger partial charge in [0.2, 0.25) is 5.91 Å². The zero-order valence-electron chi connectivity index (χ0n) is 14.0. The molecular formula is C19H15BrN4O3. The molecule has 7 nitrogen and oxygen atoms in total. The monoisotopic (exact) mass is 426 g/mol. The number of halogens is 1. The number of carboxylic acids is 1. The number of hydrogen-bond acceptors (Lipinski definition) is 5. The second kappa shape index (κ2) is 8.41. The average Bonchev–Trinajstić information content (AvgIpc) is 2.62. The number of benzene rings is 2. The highest BCUT2D eigenvalue weighted by atomic mass is 79.9. The Balaban J connectivity index is 1.84. The minimum Gasteiger partial charge on any atom is -0.481 e. The first-order valence-corrected chi connectivity index (χ1v) is 8.77. The third-order valence-corrected chi connectivity index (χ3v) is 4.05. The maximum absolute atomic E-state index is 11.9. The van der Waals surface area contributed by atoms with Crippen LogP contribution >= 0.6 is 15.9 Å². The van der Waals surface area contributed by atoms with Gasteiger partial charge in [-0.25, -0.2) is 9.97 Å². The predicted molar refractivity (Wildman–Crippen MR) is 107 cm³/mol. The fourth-order valence-corrected chi connectivity index (χ4v) is 2.79. The van der Waals surface area contributed by atoms with Gasteiger partial charge in [-0.3, -0.25) is 9.59 Å². The molecular weight excluding hydrogens is 412 g/mol. The third-order valence-electron chi connectivity index (χ3n) is 3.55. The molecule has 0 saturated heterocycles. The Bertz CT molecular complexity index is 1040. The van der Waals surface area contributed by atoms with Gasteiger partial charge in [0.15, 0.2) is 0 Å². The SMILES string of the molecule is O=C(O)C/C=C/C(=O)Nc1ccc2ncnc(Nc3cccc(Br)c3)c2c1. The molecule has 0 radical (unpaired) electrons. The van der Waals surface area contributed by atoms with E-state index in [1.54, 1.807) is 18.2 Å². The first-order valence-electron chi connectivity index (χ1n) is 7.98. The number of fused-ring (bicyclic) bond motifs is 1. The lowest BCUT2D eigenvalue weighted by atomic mass is 10.2. The summed E-state index contributed by atoms with van der Waals surface area (Å²) in [5, 5.41) is 15.3. The number of carbonyl (C=O) groups excluding carboxylic acids is 1. The van der Waals surface area contributed by atoms with Gasteiger partial charge in [-0.15, -0.1) is 0 Å². The van der Waals surface area contributed by atoms with Gasteiger partial charge in [0.1, 0.15) is 12.1 Å². The number of aliphatic carboxylic acids is 1. The molecule has 0 aliphatic heterocycles. The number of nitrogens with zero attached hydrogens (tertiary/aromatic N) is 2. The van der Waals surface area contributed by atoms with Crippen molar-refractivity contribution in [1.29, 1.82) is 0 Å². The molecule has 1 heterocycles. The number of amides is 1. The molecule has 0 aliphatic rings. The third kappa shape index (κ3) is 5.11. The van der Waals surface area contributed by atoms with Gasteiger partial charge in [-0.2, -0.15) is 0 Å². The number of carboxylic acid groups (broad SMARTS) is 1. The fraction of sp³-hybridized carbons (Fsp3) is 0.0526. The van der Waals surface area contributed by atoms with Crippen LogP contribution < -0.4 is 10.6 Å². The summed E-state index contributed by atoms with van der Waals surface area (Å²) in [5.41, 5.74) is 2.14. The van der Waals surface area contributed by atoms with E-state index >= 15 is 0 Å². The van der Waals surface area contributed by atoms with Gasteiger partial charge in [0.25, 0.3) is 0 Å². The lowest BCUT2D eigenvalue weighted by Gasteiger charge is -2.10. The topological polar surface area (TPSA) is 104 Å². The molecule has 0 saturated carbocycles. The van der Waals surface area contributed by atoms with Gasteiger partial charge in [-0.05, 0) is 42.5 Å². The number of carbonyl (C=O) groups is 2. The molecule has 1 amide bonds. The van der Waals surface area contributed by atoms with Crippen molar-refractivity contribution < 1.29 is 14.7 Å². The molecule has 3 rings (SSSR count). The van der Waals surface area contributed by atoms with E-state index in [0.29, 0.717) is 11.5 Å². The first kappa shape index (κ1) is 18.5. The lowest BCUT2D eigenvalue weighted by molar-refractivity contribution is -0.136. The van der Waals surface area contributed by atoms with Crippen molar-refractivity contribution in [2.45, 2.75) is 6.42 Å². The summed E-state index contributed by atoms with van der Waals surface area (Å²) in [5.74, 6) is -0.797. The molecule has 1 aromatic heterocycles. The van der Waals surface area contributed by atoms with Crippen molar-refractivity contribution >= 4 is 55.9 Å². The van der Waals surface area contributed by atoms with Crippen LogP contribution in [0.5, 0.6) is 0 Å². The molecule has 0 fully saturated rings. The van der Waals surface area contributed by atoms with E-state index in [9.17, 15) is 9.59 Å². The summed E-state index contributed by atoms with van der Waals surface area (Å²) in [6.45, 7) is 0. The highest BCUT2D eigenvalue weighted by molar-refractivity contribution is 9.10. The summed E-state index contributed by atoms with van der Waals surface area (Å²) in [6, 6.07) is 12.9. The summed E-state index contributed by atoms with van der Waals surface area (Å²) in [6.07, 6.45) is 3.75. The van der Waals surface area contributed by atoms with Gasteiger partial charge in [0.05, 0.1) is 11.9 Å². The minimum absolute atomic E-state index is 0.209. The lowest BCUT2D eigenvalue weighted by Crippen LogP contribution is -2.08. The molecule has 0 spiro atoms. The van der Waals surface area contributed by atoms with Gasteiger partial charge >= 0.3 is 5.97 Å². The summed E-state index contributed by atoms with van der Waals surface area (Å²) in [7, 11) is 0. The molecule has 3 N–H and O–H groups in total. The molecule has 3 aromatic rings. The van der Waals surface area contributed by atoms with Gasteiger partial charge in [0, 0.05) is 21.2 Å². The summed E-state index contributed by atoms with van der Waals surface area (Å²) in [4.78, 5) is 30.9. The maximum atomic E-state index is 11.9. The van der Waals surface area contributed by atoms with Crippen LogP contribution in [0.15, 0.2) is 65.4 Å². The zero-order chi connectivity index (χ0) is 19.2. The molecule has 0 bridgehead atoms. The Morgan fingerprint density at radius 1 is 1.11 bits per heavy atom. The highest BCUT2D eigenvalue weighted by Gasteiger charge is 2.07. The van der Waals surface area contributed by atoms with Crippen LogP contribution in [0.2, 0.25) is 0 Å². The van der Waals surface area contributed by atoms with Crippen molar-refractivity contribution in [3.05, 3.63) is 65.4 Å². The fourth-order valence-electron chi connectivity index (χ4n) is 2.39. The number of rotatable bonds is 6. The largest absolute Gasteiger partial charge is 0.481 e. The average molecular weight is 427 g/mol. The van der Waals surface area contributed by atoms with Crippen LogP contribution in [0, 0.1) is 0 Å². The zero-order valence-corrected chi connectivity index (χ0v) is 15.6. The number of hydrogen-bond donors (Lipinski definition) is 3. The molecule has 0 atom stereocenters. The van der Waals surface area contributed by atoms with E-state index in [0.717, 1.165) is 21.1 Å². The van der Waals surface area contributed by atoms with Crippen LogP contribution in [0.3, 0.4) is 0 Å².